The summed E-state index contributed by atoms with van der Waals surface area (Å²) in [7, 11) is 0. The number of primary amides is 1. The zero-order valence-electron chi connectivity index (χ0n) is 9.61. The quantitative estimate of drug-likeness (QED) is 0.609. The maximum absolute atomic E-state index is 11.9. The Morgan fingerprint density at radius 2 is 2.28 bits per heavy atom. The lowest BCUT2D eigenvalue weighted by Crippen LogP contribution is -2.34. The molecular weight excluding hydrogens is 238 g/mol. The minimum absolute atomic E-state index is 0.383. The summed E-state index contributed by atoms with van der Waals surface area (Å²) in [6.45, 7) is 0. The zero-order chi connectivity index (χ0) is 13.3. The molecule has 2 rings (SSSR count). The topological polar surface area (TPSA) is 108 Å². The number of hydrogen-bond donors (Lipinski definition) is 1. The monoisotopic (exact) mass is 251 g/mol. The van der Waals surface area contributed by atoms with E-state index in [1.165, 1.54) is 12.3 Å². The van der Waals surface area contributed by atoms with Crippen LogP contribution >= 0.6 is 0 Å². The molecule has 18 heavy (non-hydrogen) atoms. The Labute approximate surface area is 102 Å². The first-order chi connectivity index (χ1) is 8.50. The van der Waals surface area contributed by atoms with Gasteiger partial charge in [0.15, 0.2) is 0 Å². The molecule has 1 saturated carbocycles. The van der Waals surface area contributed by atoms with E-state index in [4.69, 9.17) is 5.73 Å². The zero-order valence-corrected chi connectivity index (χ0v) is 9.61. The van der Waals surface area contributed by atoms with Gasteiger partial charge in [-0.25, -0.2) is 0 Å². The predicted molar refractivity (Wildman–Crippen MR) is 62.9 cm³/mol. The highest BCUT2D eigenvalue weighted by Gasteiger charge is 2.30. The first-order valence-electron chi connectivity index (χ1n) is 5.65. The molecule has 7 heteroatoms. The highest BCUT2D eigenvalue weighted by atomic mass is 16.6. The van der Waals surface area contributed by atoms with Crippen molar-refractivity contribution in [3.05, 3.63) is 38.8 Å². The van der Waals surface area contributed by atoms with Gasteiger partial charge < -0.3 is 5.73 Å². The smallest absolute Gasteiger partial charge is 0.334 e. The third-order valence-electron chi connectivity index (χ3n) is 3.07. The lowest BCUT2D eigenvalue weighted by molar-refractivity contribution is -0.386. The van der Waals surface area contributed by atoms with Crippen LogP contribution in [0.25, 0.3) is 0 Å². The number of nitrogens with zero attached hydrogens (tertiary/aromatic N) is 2. The summed E-state index contributed by atoms with van der Waals surface area (Å²) in [5.74, 6) is -0.252. The SMILES string of the molecule is NC(=O)C(CC1CC1)n1cccc([N+](=O)[O-])c1=O. The standard InChI is InChI=1S/C11H13N3O4/c12-10(15)9(6-7-3-4-7)13-5-1-2-8(11(13)16)14(17)18/h1-2,5,7,9H,3-4,6H2,(H2,12,15). The molecule has 0 aliphatic heterocycles. The number of rotatable bonds is 5. The number of carbonyl (C=O) groups excluding carboxylic acids is 1. The van der Waals surface area contributed by atoms with E-state index < -0.39 is 28.1 Å². The fourth-order valence-electron chi connectivity index (χ4n) is 1.92. The molecule has 2 N–H and O–H groups in total. The summed E-state index contributed by atoms with van der Waals surface area (Å²) in [6, 6.07) is 1.70. The normalized spacial score (nSPS) is 16.2. The van der Waals surface area contributed by atoms with E-state index in [0.29, 0.717) is 12.3 Å². The van der Waals surface area contributed by atoms with Crippen LogP contribution in [-0.2, 0) is 4.79 Å². The van der Waals surface area contributed by atoms with Gasteiger partial charge in [-0.1, -0.05) is 12.8 Å². The van der Waals surface area contributed by atoms with E-state index in [1.807, 2.05) is 0 Å². The van der Waals surface area contributed by atoms with Gasteiger partial charge in [-0.3, -0.25) is 24.3 Å². The molecule has 1 aliphatic carbocycles. The maximum atomic E-state index is 11.9. The average Bonchev–Trinajstić information content (AvgIpc) is 3.10. The molecule has 0 aromatic carbocycles. The molecule has 96 valence electrons. The van der Waals surface area contributed by atoms with Crippen molar-refractivity contribution in [1.29, 1.82) is 0 Å². The van der Waals surface area contributed by atoms with E-state index in [0.717, 1.165) is 23.5 Å². The predicted octanol–water partition coefficient (Wildman–Crippen LogP) is 0.583. The van der Waals surface area contributed by atoms with Crippen LogP contribution in [0.5, 0.6) is 0 Å². The lowest BCUT2D eigenvalue weighted by Gasteiger charge is -2.15. The van der Waals surface area contributed by atoms with Crippen molar-refractivity contribution in [1.82, 2.24) is 4.57 Å². The van der Waals surface area contributed by atoms with Crippen molar-refractivity contribution < 1.29 is 9.72 Å². The van der Waals surface area contributed by atoms with E-state index in [2.05, 4.69) is 0 Å². The molecule has 1 fully saturated rings. The molecule has 1 unspecified atom stereocenters. The fourth-order valence-corrected chi connectivity index (χ4v) is 1.92. The Morgan fingerprint density at radius 1 is 1.61 bits per heavy atom. The van der Waals surface area contributed by atoms with Gasteiger partial charge in [0.2, 0.25) is 5.91 Å². The number of carbonyl (C=O) groups is 1. The van der Waals surface area contributed by atoms with Crippen molar-refractivity contribution >= 4 is 11.6 Å². The molecule has 0 spiro atoms. The van der Waals surface area contributed by atoms with Crippen LogP contribution in [-0.4, -0.2) is 15.4 Å². The summed E-state index contributed by atoms with van der Waals surface area (Å²) in [5.41, 5.74) is 3.94. The molecule has 7 nitrogen and oxygen atoms in total. The number of amides is 1. The Morgan fingerprint density at radius 3 is 2.78 bits per heavy atom. The summed E-state index contributed by atoms with van der Waals surface area (Å²) in [5, 5.41) is 10.7. The second-order valence-electron chi connectivity index (χ2n) is 4.46. The molecule has 1 heterocycles. The van der Waals surface area contributed by atoms with Crippen LogP contribution in [0.2, 0.25) is 0 Å². The Kier molecular flexibility index (Phi) is 3.14. The number of hydrogen-bond acceptors (Lipinski definition) is 4. The minimum atomic E-state index is -0.801. The highest BCUT2D eigenvalue weighted by Crippen LogP contribution is 2.36. The van der Waals surface area contributed by atoms with Gasteiger partial charge in [0.05, 0.1) is 4.92 Å². The van der Waals surface area contributed by atoms with Gasteiger partial charge in [-0.15, -0.1) is 0 Å². The average molecular weight is 251 g/mol. The van der Waals surface area contributed by atoms with Gasteiger partial charge in [0.25, 0.3) is 0 Å². The summed E-state index contributed by atoms with van der Waals surface area (Å²) >= 11 is 0. The summed E-state index contributed by atoms with van der Waals surface area (Å²) in [4.78, 5) is 33.2. The molecule has 1 aromatic heterocycles. The molecule has 0 saturated heterocycles. The van der Waals surface area contributed by atoms with Crippen molar-refractivity contribution in [3.63, 3.8) is 0 Å². The summed E-state index contributed by atoms with van der Waals surface area (Å²) < 4.78 is 1.07. The number of nitrogens with two attached hydrogens (primary N) is 1. The minimum Gasteiger partial charge on any atom is -0.368 e. The van der Waals surface area contributed by atoms with E-state index in [1.54, 1.807) is 0 Å². The first-order valence-corrected chi connectivity index (χ1v) is 5.65. The van der Waals surface area contributed by atoms with Crippen molar-refractivity contribution in [2.75, 3.05) is 0 Å². The maximum Gasteiger partial charge on any atom is 0.334 e. The molecule has 0 radical (unpaired) electrons. The molecule has 1 atom stereocenters. The third kappa shape index (κ3) is 2.39. The van der Waals surface area contributed by atoms with Gasteiger partial charge in [-0.05, 0) is 18.4 Å². The molecular formula is C11H13N3O4. The summed E-state index contributed by atoms with van der Waals surface area (Å²) in [6.07, 6.45) is 3.85. The molecule has 0 bridgehead atoms. The van der Waals surface area contributed by atoms with Gasteiger partial charge in [-0.2, -0.15) is 0 Å². The number of nitro groups is 1. The van der Waals surface area contributed by atoms with Crippen LogP contribution in [0.3, 0.4) is 0 Å². The van der Waals surface area contributed by atoms with E-state index in [-0.39, 0.29) is 0 Å². The van der Waals surface area contributed by atoms with Gasteiger partial charge >= 0.3 is 11.2 Å². The second kappa shape index (κ2) is 4.59. The Bertz CT molecular complexity index is 547. The fraction of sp³-hybridized carbons (Fsp3) is 0.455. The number of aromatic nitrogens is 1. The van der Waals surface area contributed by atoms with Crippen LogP contribution in [0.1, 0.15) is 25.3 Å². The van der Waals surface area contributed by atoms with Crippen LogP contribution in [0.4, 0.5) is 5.69 Å². The van der Waals surface area contributed by atoms with Crippen molar-refractivity contribution in [2.45, 2.75) is 25.3 Å². The molecule has 1 aromatic rings. The Balaban J connectivity index is 2.40. The van der Waals surface area contributed by atoms with Gasteiger partial charge in [0, 0.05) is 12.3 Å². The van der Waals surface area contributed by atoms with Crippen molar-refractivity contribution in [3.8, 4) is 0 Å². The van der Waals surface area contributed by atoms with Crippen LogP contribution < -0.4 is 11.3 Å². The van der Waals surface area contributed by atoms with Crippen molar-refractivity contribution in [2.24, 2.45) is 11.7 Å². The lowest BCUT2D eigenvalue weighted by atomic mass is 10.1. The second-order valence-corrected chi connectivity index (χ2v) is 4.46. The van der Waals surface area contributed by atoms with Gasteiger partial charge in [0.1, 0.15) is 6.04 Å². The van der Waals surface area contributed by atoms with Crippen LogP contribution in [0, 0.1) is 16.0 Å². The van der Waals surface area contributed by atoms with E-state index >= 15 is 0 Å². The first kappa shape index (κ1) is 12.3. The molecule has 1 aliphatic rings. The third-order valence-corrected chi connectivity index (χ3v) is 3.07. The largest absolute Gasteiger partial charge is 0.368 e. The van der Waals surface area contributed by atoms with Crippen LogP contribution in [0.15, 0.2) is 23.1 Å². The molecule has 1 amide bonds. The number of pyridine rings is 1. The highest BCUT2D eigenvalue weighted by molar-refractivity contribution is 5.78. The van der Waals surface area contributed by atoms with E-state index in [9.17, 15) is 19.7 Å². The Hall–Kier alpha value is -2.18.